The highest BCUT2D eigenvalue weighted by Gasteiger charge is 2.20. The third kappa shape index (κ3) is 5.47. The molecule has 1 saturated heterocycles. The van der Waals surface area contributed by atoms with E-state index in [-0.39, 0.29) is 24.0 Å². The summed E-state index contributed by atoms with van der Waals surface area (Å²) in [5, 5.41) is 7.40. The van der Waals surface area contributed by atoms with Crippen molar-refractivity contribution in [1.29, 1.82) is 0 Å². The lowest BCUT2D eigenvalue weighted by molar-refractivity contribution is 0.169. The van der Waals surface area contributed by atoms with E-state index in [0.29, 0.717) is 6.54 Å². The maximum atomic E-state index is 5.59. The van der Waals surface area contributed by atoms with Crippen LogP contribution in [-0.2, 0) is 13.1 Å². The number of nitrogens with one attached hydrogen (secondary N) is 1. The SMILES string of the molecule is CCNC(=NCc1cc(C)oc1C)N1CCN(Cc2ccon2)CC1.I. The first-order chi connectivity index (χ1) is 12.2. The molecule has 1 aliphatic rings. The largest absolute Gasteiger partial charge is 0.466 e. The monoisotopic (exact) mass is 473 g/mol. The minimum atomic E-state index is 0. The molecule has 3 rings (SSSR count). The number of aromatic nitrogens is 1. The Morgan fingerprint density at radius 1 is 1.27 bits per heavy atom. The second kappa shape index (κ2) is 9.96. The van der Waals surface area contributed by atoms with Crippen LogP contribution in [0.2, 0.25) is 0 Å². The molecular formula is C18H28IN5O2. The van der Waals surface area contributed by atoms with Crippen LogP contribution in [0, 0.1) is 13.8 Å². The van der Waals surface area contributed by atoms with Gasteiger partial charge in [0.2, 0.25) is 0 Å². The van der Waals surface area contributed by atoms with Gasteiger partial charge in [0, 0.05) is 50.9 Å². The molecule has 7 nitrogen and oxygen atoms in total. The summed E-state index contributed by atoms with van der Waals surface area (Å²) in [5.74, 6) is 2.87. The van der Waals surface area contributed by atoms with E-state index < -0.39 is 0 Å². The van der Waals surface area contributed by atoms with Crippen LogP contribution in [0.5, 0.6) is 0 Å². The van der Waals surface area contributed by atoms with Gasteiger partial charge in [-0.3, -0.25) is 4.90 Å². The Kier molecular flexibility index (Phi) is 7.95. The fourth-order valence-corrected chi connectivity index (χ4v) is 3.09. The van der Waals surface area contributed by atoms with E-state index in [2.05, 4.69) is 33.3 Å². The Labute approximate surface area is 171 Å². The first-order valence-electron chi connectivity index (χ1n) is 8.86. The highest BCUT2D eigenvalue weighted by atomic mass is 127. The topological polar surface area (TPSA) is 70.0 Å². The third-order valence-electron chi connectivity index (χ3n) is 4.43. The molecule has 26 heavy (non-hydrogen) atoms. The van der Waals surface area contributed by atoms with E-state index in [1.807, 2.05) is 19.9 Å². The number of aliphatic imine (C=N–C) groups is 1. The standard InChI is InChI=1S/C18H27N5O2.HI/c1-4-19-18(20-12-16-11-14(2)25-15(16)3)23-8-6-22(7-9-23)13-17-5-10-24-21-17;/h5,10-11H,4,6-9,12-13H2,1-3H3,(H,19,20);1H. The zero-order valence-electron chi connectivity index (χ0n) is 15.7. The molecule has 0 saturated carbocycles. The first kappa shape index (κ1) is 20.8. The molecule has 1 fully saturated rings. The maximum absolute atomic E-state index is 5.59. The minimum Gasteiger partial charge on any atom is -0.466 e. The van der Waals surface area contributed by atoms with Gasteiger partial charge in [-0.25, -0.2) is 4.99 Å². The summed E-state index contributed by atoms with van der Waals surface area (Å²) >= 11 is 0. The quantitative estimate of drug-likeness (QED) is 0.409. The van der Waals surface area contributed by atoms with Crippen LogP contribution in [0.4, 0.5) is 0 Å². The molecule has 0 amide bonds. The molecule has 2 aromatic rings. The second-order valence-electron chi connectivity index (χ2n) is 6.36. The van der Waals surface area contributed by atoms with Gasteiger partial charge in [0.25, 0.3) is 0 Å². The lowest BCUT2D eigenvalue weighted by Crippen LogP contribution is -2.52. The van der Waals surface area contributed by atoms with Crippen molar-refractivity contribution in [2.45, 2.75) is 33.9 Å². The number of rotatable bonds is 5. The average molecular weight is 473 g/mol. The predicted octanol–water partition coefficient (Wildman–Crippen LogP) is 2.79. The van der Waals surface area contributed by atoms with Crippen LogP contribution in [0.3, 0.4) is 0 Å². The zero-order valence-corrected chi connectivity index (χ0v) is 18.0. The summed E-state index contributed by atoms with van der Waals surface area (Å²) in [7, 11) is 0. The number of hydrogen-bond acceptors (Lipinski definition) is 5. The summed E-state index contributed by atoms with van der Waals surface area (Å²) in [5.41, 5.74) is 2.14. The van der Waals surface area contributed by atoms with Gasteiger partial charge < -0.3 is 19.2 Å². The molecule has 0 atom stereocenters. The van der Waals surface area contributed by atoms with E-state index in [0.717, 1.165) is 68.0 Å². The summed E-state index contributed by atoms with van der Waals surface area (Å²) in [4.78, 5) is 9.52. The van der Waals surface area contributed by atoms with Gasteiger partial charge in [-0.2, -0.15) is 0 Å². The summed E-state index contributed by atoms with van der Waals surface area (Å²) < 4.78 is 10.5. The highest BCUT2D eigenvalue weighted by molar-refractivity contribution is 14.0. The zero-order chi connectivity index (χ0) is 17.6. The summed E-state index contributed by atoms with van der Waals surface area (Å²) in [6, 6.07) is 3.99. The molecule has 0 aromatic carbocycles. The van der Waals surface area contributed by atoms with Gasteiger partial charge in [-0.1, -0.05) is 5.16 Å². The van der Waals surface area contributed by atoms with Crippen molar-refractivity contribution in [2.24, 2.45) is 4.99 Å². The number of aryl methyl sites for hydroxylation is 2. The van der Waals surface area contributed by atoms with Crippen LogP contribution in [0.15, 0.2) is 32.3 Å². The number of halogens is 1. The number of furan rings is 1. The molecule has 2 aromatic heterocycles. The van der Waals surface area contributed by atoms with Crippen molar-refractivity contribution in [3.63, 3.8) is 0 Å². The highest BCUT2D eigenvalue weighted by Crippen LogP contribution is 2.15. The average Bonchev–Trinajstić information content (AvgIpc) is 3.22. The molecule has 1 aliphatic heterocycles. The van der Waals surface area contributed by atoms with E-state index in [1.54, 1.807) is 6.26 Å². The molecule has 0 aliphatic carbocycles. The van der Waals surface area contributed by atoms with Gasteiger partial charge in [-0.05, 0) is 26.8 Å². The minimum absolute atomic E-state index is 0. The van der Waals surface area contributed by atoms with Gasteiger partial charge in [0.05, 0.1) is 12.2 Å². The lowest BCUT2D eigenvalue weighted by Gasteiger charge is -2.36. The molecule has 0 bridgehead atoms. The van der Waals surface area contributed by atoms with Crippen LogP contribution < -0.4 is 5.32 Å². The first-order valence-corrected chi connectivity index (χ1v) is 8.86. The smallest absolute Gasteiger partial charge is 0.194 e. The van der Waals surface area contributed by atoms with Crippen molar-refractivity contribution < 1.29 is 8.94 Å². The second-order valence-corrected chi connectivity index (χ2v) is 6.36. The maximum Gasteiger partial charge on any atom is 0.194 e. The number of guanidine groups is 1. The number of piperazine rings is 1. The Balaban J connectivity index is 0.00000243. The van der Waals surface area contributed by atoms with Crippen molar-refractivity contribution in [3.05, 3.63) is 41.2 Å². The number of nitrogens with zero attached hydrogens (tertiary/aromatic N) is 4. The van der Waals surface area contributed by atoms with E-state index in [1.165, 1.54) is 0 Å². The van der Waals surface area contributed by atoms with E-state index in [4.69, 9.17) is 13.9 Å². The molecule has 0 radical (unpaired) electrons. The van der Waals surface area contributed by atoms with Crippen molar-refractivity contribution in [3.8, 4) is 0 Å². The molecular weight excluding hydrogens is 445 g/mol. The van der Waals surface area contributed by atoms with E-state index in [9.17, 15) is 0 Å². The molecule has 8 heteroatoms. The Hall–Kier alpha value is -1.55. The predicted molar refractivity (Wildman–Crippen MR) is 112 cm³/mol. The van der Waals surface area contributed by atoms with Crippen LogP contribution in [-0.4, -0.2) is 53.6 Å². The summed E-state index contributed by atoms with van der Waals surface area (Å²) in [6.07, 6.45) is 1.63. The van der Waals surface area contributed by atoms with Crippen molar-refractivity contribution in [1.82, 2.24) is 20.3 Å². The van der Waals surface area contributed by atoms with Gasteiger partial charge in [0.1, 0.15) is 17.8 Å². The molecule has 0 spiro atoms. The normalized spacial score (nSPS) is 15.8. The van der Waals surface area contributed by atoms with Gasteiger partial charge in [-0.15, -0.1) is 24.0 Å². The van der Waals surface area contributed by atoms with Crippen LogP contribution >= 0.6 is 24.0 Å². The van der Waals surface area contributed by atoms with Gasteiger partial charge in [0.15, 0.2) is 5.96 Å². The van der Waals surface area contributed by atoms with E-state index >= 15 is 0 Å². The number of hydrogen-bond donors (Lipinski definition) is 1. The van der Waals surface area contributed by atoms with Crippen molar-refractivity contribution >= 4 is 29.9 Å². The van der Waals surface area contributed by atoms with Crippen molar-refractivity contribution in [2.75, 3.05) is 32.7 Å². The lowest BCUT2D eigenvalue weighted by atomic mass is 10.2. The Morgan fingerprint density at radius 2 is 2.04 bits per heavy atom. The van der Waals surface area contributed by atoms with Crippen LogP contribution in [0.1, 0.15) is 29.7 Å². The third-order valence-corrected chi connectivity index (χ3v) is 4.43. The molecule has 144 valence electrons. The molecule has 1 N–H and O–H groups in total. The fourth-order valence-electron chi connectivity index (χ4n) is 3.09. The fraction of sp³-hybridized carbons (Fsp3) is 0.556. The Bertz CT molecular complexity index is 691. The molecule has 0 unspecified atom stereocenters. The summed E-state index contributed by atoms with van der Waals surface area (Å²) in [6.45, 7) is 12.3. The molecule has 3 heterocycles. The Morgan fingerprint density at radius 3 is 2.62 bits per heavy atom. The van der Waals surface area contributed by atoms with Crippen LogP contribution in [0.25, 0.3) is 0 Å². The van der Waals surface area contributed by atoms with Gasteiger partial charge >= 0.3 is 0 Å².